The van der Waals surface area contributed by atoms with Gasteiger partial charge in [0.2, 0.25) is 5.91 Å². The van der Waals surface area contributed by atoms with Gasteiger partial charge in [-0.05, 0) is 51.1 Å². The second-order valence-corrected chi connectivity index (χ2v) is 9.31. The first kappa shape index (κ1) is 20.5. The Morgan fingerprint density at radius 2 is 2.03 bits per heavy atom. The fourth-order valence-electron chi connectivity index (χ4n) is 4.21. The number of hydrogen-bond donors (Lipinski definition) is 1. The molecule has 2 saturated heterocycles. The van der Waals surface area contributed by atoms with Gasteiger partial charge in [0.1, 0.15) is 5.01 Å². The van der Waals surface area contributed by atoms with Gasteiger partial charge in [0.05, 0.1) is 6.10 Å². The highest BCUT2D eigenvalue weighted by molar-refractivity contribution is 7.15. The maximum absolute atomic E-state index is 12.1. The Hall–Kier alpha value is -1.76. The average Bonchev–Trinajstić information content (AvgIpc) is 3.45. The first-order valence-electron chi connectivity index (χ1n) is 10.9. The Kier molecular flexibility index (Phi) is 7.30. The van der Waals surface area contributed by atoms with E-state index in [2.05, 4.69) is 39.5 Å². The summed E-state index contributed by atoms with van der Waals surface area (Å²) in [6.45, 7) is 4.73. The van der Waals surface area contributed by atoms with Gasteiger partial charge in [-0.1, -0.05) is 30.3 Å². The average molecular weight is 414 g/mol. The van der Waals surface area contributed by atoms with E-state index in [-0.39, 0.29) is 12.0 Å². The molecule has 3 heterocycles. The lowest BCUT2D eigenvalue weighted by Crippen LogP contribution is -2.34. The molecule has 2 aliphatic rings. The fraction of sp³-hybridized carbons (Fsp3) is 0.565. The topological polar surface area (TPSA) is 54.5 Å². The number of carbonyl (C=O) groups is 1. The first-order chi connectivity index (χ1) is 14.3. The molecule has 5 nitrogen and oxygen atoms in total. The van der Waals surface area contributed by atoms with Crippen molar-refractivity contribution in [3.63, 3.8) is 0 Å². The predicted molar refractivity (Wildman–Crippen MR) is 117 cm³/mol. The Labute approximate surface area is 177 Å². The van der Waals surface area contributed by atoms with Crippen molar-refractivity contribution in [1.29, 1.82) is 0 Å². The van der Waals surface area contributed by atoms with Crippen LogP contribution in [0.4, 0.5) is 0 Å². The number of thiazole rings is 1. The van der Waals surface area contributed by atoms with Crippen LogP contribution in [0.3, 0.4) is 0 Å². The molecule has 0 radical (unpaired) electrons. The number of benzene rings is 1. The van der Waals surface area contributed by atoms with Crippen molar-refractivity contribution < 1.29 is 9.53 Å². The van der Waals surface area contributed by atoms with Crippen LogP contribution in [-0.4, -0.2) is 48.1 Å². The van der Waals surface area contributed by atoms with Crippen LogP contribution >= 0.6 is 11.3 Å². The van der Waals surface area contributed by atoms with Crippen molar-refractivity contribution in [2.24, 2.45) is 5.92 Å². The standard InChI is InChI=1S/C23H31N3O2S/c27-22(24-15-20-7-4-14-28-20)9-8-18-10-12-26(13-11-18)17-21-16-25-23(29-21)19-5-2-1-3-6-19/h1-3,5-6,16,18,20H,4,7-15,17H2,(H,24,27)/t20-/m1/s1. The molecule has 2 aromatic rings. The van der Waals surface area contributed by atoms with Gasteiger partial charge in [0.15, 0.2) is 0 Å². The minimum absolute atomic E-state index is 0.182. The molecule has 0 spiro atoms. The molecule has 2 fully saturated rings. The molecule has 0 bridgehead atoms. The Morgan fingerprint density at radius 3 is 2.79 bits per heavy atom. The third kappa shape index (κ3) is 6.11. The highest BCUT2D eigenvalue weighted by Crippen LogP contribution is 2.28. The van der Waals surface area contributed by atoms with Crippen LogP contribution in [0.1, 0.15) is 43.4 Å². The molecule has 29 heavy (non-hydrogen) atoms. The van der Waals surface area contributed by atoms with E-state index >= 15 is 0 Å². The largest absolute Gasteiger partial charge is 0.376 e. The minimum atomic E-state index is 0.182. The molecule has 1 amide bonds. The summed E-state index contributed by atoms with van der Waals surface area (Å²) >= 11 is 1.79. The zero-order valence-corrected chi connectivity index (χ0v) is 17.8. The first-order valence-corrected chi connectivity index (χ1v) is 11.7. The summed E-state index contributed by atoms with van der Waals surface area (Å²) in [7, 11) is 0. The number of aromatic nitrogens is 1. The van der Waals surface area contributed by atoms with E-state index in [1.165, 1.54) is 23.3 Å². The van der Waals surface area contributed by atoms with Crippen LogP contribution in [-0.2, 0) is 16.1 Å². The molecule has 4 rings (SSSR count). The smallest absolute Gasteiger partial charge is 0.220 e. The molecule has 0 aliphatic carbocycles. The van der Waals surface area contributed by atoms with Crippen molar-refractivity contribution in [3.05, 3.63) is 41.4 Å². The van der Waals surface area contributed by atoms with Crippen molar-refractivity contribution >= 4 is 17.2 Å². The van der Waals surface area contributed by atoms with Gasteiger partial charge in [0, 0.05) is 42.8 Å². The number of piperidine rings is 1. The molecule has 6 heteroatoms. The van der Waals surface area contributed by atoms with E-state index in [9.17, 15) is 4.79 Å². The second-order valence-electron chi connectivity index (χ2n) is 8.20. The van der Waals surface area contributed by atoms with Crippen LogP contribution in [0.25, 0.3) is 10.6 Å². The molecule has 2 aliphatic heterocycles. The molecular weight excluding hydrogens is 382 g/mol. The predicted octanol–water partition coefficient (Wildman–Crippen LogP) is 4.10. The molecule has 0 unspecified atom stereocenters. The van der Waals surface area contributed by atoms with Gasteiger partial charge < -0.3 is 10.1 Å². The Balaban J connectivity index is 1.14. The third-order valence-electron chi connectivity index (χ3n) is 5.99. The summed E-state index contributed by atoms with van der Waals surface area (Å²) < 4.78 is 5.56. The van der Waals surface area contributed by atoms with Gasteiger partial charge >= 0.3 is 0 Å². The van der Waals surface area contributed by atoms with E-state index in [0.717, 1.165) is 50.5 Å². The second kappa shape index (κ2) is 10.3. The Morgan fingerprint density at radius 1 is 1.21 bits per heavy atom. The monoisotopic (exact) mass is 413 g/mol. The minimum Gasteiger partial charge on any atom is -0.376 e. The number of nitrogens with zero attached hydrogens (tertiary/aromatic N) is 2. The van der Waals surface area contributed by atoms with Crippen LogP contribution in [0.15, 0.2) is 36.5 Å². The number of rotatable bonds is 8. The summed E-state index contributed by atoms with van der Waals surface area (Å²) in [5, 5.41) is 4.14. The number of carbonyl (C=O) groups excluding carboxylic acids is 1. The lowest BCUT2D eigenvalue weighted by atomic mass is 9.92. The normalized spacial score (nSPS) is 20.8. The van der Waals surface area contributed by atoms with Gasteiger partial charge in [-0.3, -0.25) is 9.69 Å². The van der Waals surface area contributed by atoms with Crippen molar-refractivity contribution in [3.8, 4) is 10.6 Å². The quantitative estimate of drug-likeness (QED) is 0.708. The molecule has 1 aromatic heterocycles. The molecule has 1 aromatic carbocycles. The number of likely N-dealkylation sites (tertiary alicyclic amines) is 1. The van der Waals surface area contributed by atoms with E-state index < -0.39 is 0 Å². The van der Waals surface area contributed by atoms with Gasteiger partial charge in [-0.2, -0.15) is 0 Å². The summed E-state index contributed by atoms with van der Waals surface area (Å²) in [5.41, 5.74) is 1.19. The zero-order chi connectivity index (χ0) is 19.9. The number of amides is 1. The molecule has 1 atom stereocenters. The van der Waals surface area contributed by atoms with Crippen LogP contribution < -0.4 is 5.32 Å². The van der Waals surface area contributed by atoms with E-state index in [0.29, 0.717) is 18.9 Å². The Bertz CT molecular complexity index is 765. The van der Waals surface area contributed by atoms with Crippen molar-refractivity contribution in [2.75, 3.05) is 26.2 Å². The van der Waals surface area contributed by atoms with Crippen LogP contribution in [0.5, 0.6) is 0 Å². The molecule has 156 valence electrons. The summed E-state index contributed by atoms with van der Waals surface area (Å²) in [5.74, 6) is 0.849. The van der Waals surface area contributed by atoms with Crippen molar-refractivity contribution in [2.45, 2.75) is 51.2 Å². The summed E-state index contributed by atoms with van der Waals surface area (Å²) in [4.78, 5) is 20.5. The van der Waals surface area contributed by atoms with Crippen LogP contribution in [0, 0.1) is 5.92 Å². The zero-order valence-electron chi connectivity index (χ0n) is 17.0. The molecule has 1 N–H and O–H groups in total. The maximum Gasteiger partial charge on any atom is 0.220 e. The van der Waals surface area contributed by atoms with E-state index in [4.69, 9.17) is 4.74 Å². The number of hydrogen-bond acceptors (Lipinski definition) is 5. The lowest BCUT2D eigenvalue weighted by Gasteiger charge is -2.31. The van der Waals surface area contributed by atoms with Gasteiger partial charge in [0.25, 0.3) is 0 Å². The van der Waals surface area contributed by atoms with E-state index in [1.807, 2.05) is 12.3 Å². The summed E-state index contributed by atoms with van der Waals surface area (Å²) in [6.07, 6.45) is 8.47. The molecule has 0 saturated carbocycles. The summed E-state index contributed by atoms with van der Waals surface area (Å²) in [6, 6.07) is 10.4. The third-order valence-corrected chi connectivity index (χ3v) is 7.02. The fourth-order valence-corrected chi connectivity index (χ4v) is 5.17. The highest BCUT2D eigenvalue weighted by Gasteiger charge is 2.21. The van der Waals surface area contributed by atoms with E-state index in [1.54, 1.807) is 11.3 Å². The maximum atomic E-state index is 12.1. The molecular formula is C23H31N3O2S. The van der Waals surface area contributed by atoms with Crippen LogP contribution in [0.2, 0.25) is 0 Å². The SMILES string of the molecule is O=C(CCC1CCN(Cc2cnc(-c3ccccc3)s2)CC1)NC[C@H]1CCCO1. The van der Waals surface area contributed by atoms with Gasteiger partial charge in [-0.25, -0.2) is 4.98 Å². The highest BCUT2D eigenvalue weighted by atomic mass is 32.1. The number of nitrogens with one attached hydrogen (secondary N) is 1. The number of ether oxygens (including phenoxy) is 1. The van der Waals surface area contributed by atoms with Crippen molar-refractivity contribution in [1.82, 2.24) is 15.2 Å². The van der Waals surface area contributed by atoms with Gasteiger partial charge in [-0.15, -0.1) is 11.3 Å². The lowest BCUT2D eigenvalue weighted by molar-refractivity contribution is -0.122.